The largest absolute Gasteiger partial charge is 0.321 e. The Morgan fingerprint density at radius 1 is 1.16 bits per heavy atom. The third-order valence-corrected chi connectivity index (χ3v) is 8.65. The third-order valence-electron chi connectivity index (χ3n) is 8.65. The predicted molar refractivity (Wildman–Crippen MR) is 140 cm³/mol. The molecule has 1 amide bonds. The van der Waals surface area contributed by atoms with Crippen LogP contribution in [0.4, 0.5) is 14.5 Å². The number of alkyl halides is 2. The Hall–Kier alpha value is -3.20. The van der Waals surface area contributed by atoms with Crippen LogP contribution < -0.4 is 10.6 Å². The molecule has 3 aliphatic carbocycles. The molecule has 2 N–H and O–H groups in total. The first-order valence-corrected chi connectivity index (χ1v) is 13.6. The number of aryl methyl sites for hydroxylation is 1. The van der Waals surface area contributed by atoms with Gasteiger partial charge in [-0.2, -0.15) is 8.78 Å². The number of carbonyl (C=O) groups excluding carboxylic acids is 1. The molecule has 9 heteroatoms. The summed E-state index contributed by atoms with van der Waals surface area (Å²) in [5, 5.41) is 14.9. The van der Waals surface area contributed by atoms with Gasteiger partial charge >= 0.3 is 0 Å². The summed E-state index contributed by atoms with van der Waals surface area (Å²) in [5.74, 6) is -1.36. The number of fused-ring (bicyclic) bond motifs is 1. The average Bonchev–Trinajstić information content (AvgIpc) is 3.41. The third kappa shape index (κ3) is 4.30. The van der Waals surface area contributed by atoms with Crippen LogP contribution in [0, 0.1) is 11.8 Å². The Balaban J connectivity index is 1.27. The summed E-state index contributed by atoms with van der Waals surface area (Å²) in [7, 11) is 1.94. The highest BCUT2D eigenvalue weighted by Crippen LogP contribution is 2.51. The summed E-state index contributed by atoms with van der Waals surface area (Å²) in [4.78, 5) is 17.5. The quantitative estimate of drug-likeness (QED) is 0.453. The van der Waals surface area contributed by atoms with E-state index in [0.29, 0.717) is 35.7 Å². The molecule has 2 aromatic heterocycles. The number of benzene rings is 1. The number of rotatable bonds is 7. The van der Waals surface area contributed by atoms with E-state index in [4.69, 9.17) is 0 Å². The maximum atomic E-state index is 14.7. The maximum Gasteiger partial charge on any atom is 0.290 e. The summed E-state index contributed by atoms with van der Waals surface area (Å²) >= 11 is 0. The van der Waals surface area contributed by atoms with Crippen LogP contribution in [-0.4, -0.2) is 31.7 Å². The van der Waals surface area contributed by atoms with E-state index in [2.05, 4.69) is 45.7 Å². The molecule has 0 aliphatic heterocycles. The van der Waals surface area contributed by atoms with Crippen LogP contribution in [0.25, 0.3) is 0 Å². The zero-order valence-electron chi connectivity index (χ0n) is 22.1. The second-order valence-corrected chi connectivity index (χ2v) is 11.7. The van der Waals surface area contributed by atoms with Crippen LogP contribution in [0.5, 0.6) is 0 Å². The number of pyridine rings is 1. The summed E-state index contributed by atoms with van der Waals surface area (Å²) in [6, 6.07) is 9.81. The fourth-order valence-corrected chi connectivity index (χ4v) is 6.69. The van der Waals surface area contributed by atoms with E-state index in [0.717, 1.165) is 42.6 Å². The minimum atomic E-state index is -3.02. The van der Waals surface area contributed by atoms with Gasteiger partial charge in [0.05, 0.1) is 5.41 Å². The number of nitrogens with zero attached hydrogens (tertiary/aromatic N) is 4. The molecule has 2 heterocycles. The summed E-state index contributed by atoms with van der Waals surface area (Å²) in [6.07, 6.45) is 5.77. The van der Waals surface area contributed by atoms with Crippen LogP contribution >= 0.6 is 0 Å². The van der Waals surface area contributed by atoms with E-state index in [9.17, 15) is 13.6 Å². The minimum Gasteiger partial charge on any atom is -0.321 e. The van der Waals surface area contributed by atoms with Gasteiger partial charge in [0.2, 0.25) is 0 Å². The number of hydrogen-bond donors (Lipinski definition) is 2. The van der Waals surface area contributed by atoms with Gasteiger partial charge in [0.15, 0.2) is 0 Å². The van der Waals surface area contributed by atoms with E-state index in [1.54, 1.807) is 12.4 Å². The second-order valence-electron chi connectivity index (χ2n) is 11.7. The first kappa shape index (κ1) is 25.1. The van der Waals surface area contributed by atoms with Crippen LogP contribution in [0.2, 0.25) is 0 Å². The molecular weight excluding hydrogens is 486 g/mol. The number of nitrogens with one attached hydrogen (secondary N) is 2. The lowest BCUT2D eigenvalue weighted by Gasteiger charge is -2.46. The molecule has 0 atom stereocenters. The van der Waals surface area contributed by atoms with Crippen LogP contribution in [0.15, 0.2) is 36.7 Å². The zero-order chi connectivity index (χ0) is 26.7. The Labute approximate surface area is 221 Å². The number of carbonyl (C=O) groups is 1. The molecule has 200 valence electrons. The van der Waals surface area contributed by atoms with Crippen molar-refractivity contribution in [3.05, 3.63) is 70.6 Å². The van der Waals surface area contributed by atoms with Crippen molar-refractivity contribution < 1.29 is 13.6 Å². The number of halogens is 2. The first-order chi connectivity index (χ1) is 18.1. The molecule has 3 aromatic rings. The van der Waals surface area contributed by atoms with Gasteiger partial charge in [-0.15, -0.1) is 10.2 Å². The predicted octanol–water partition coefficient (Wildman–Crippen LogP) is 5.10. The standard InChI is InChI=1S/C29H34F2N6O/c1-17-9-22(10-17)32-15-19-11-24(35-25-23(19)7-8-29(25,30)31)26(38)34-21-6-4-5-20(12-21)28(13-18(2)14-28)27-36-33-16-37(27)3/h4-6,11-12,16-18,22,32H,7-10,13-15H2,1-3H3,(H,34,38). The Morgan fingerprint density at radius 2 is 1.95 bits per heavy atom. The Kier molecular flexibility index (Phi) is 6.09. The molecule has 0 unspecified atom stereocenters. The monoisotopic (exact) mass is 520 g/mol. The van der Waals surface area contributed by atoms with E-state index in [1.807, 2.05) is 29.8 Å². The molecule has 2 fully saturated rings. The number of amides is 1. The molecule has 2 saturated carbocycles. The minimum absolute atomic E-state index is 0.0230. The van der Waals surface area contributed by atoms with E-state index in [1.165, 1.54) is 0 Å². The van der Waals surface area contributed by atoms with Gasteiger partial charge in [0.25, 0.3) is 11.8 Å². The normalized spacial score (nSPS) is 27.3. The van der Waals surface area contributed by atoms with E-state index in [-0.39, 0.29) is 29.6 Å². The van der Waals surface area contributed by atoms with Gasteiger partial charge in [0.1, 0.15) is 23.5 Å². The van der Waals surface area contributed by atoms with Gasteiger partial charge in [-0.25, -0.2) is 4.98 Å². The smallest absolute Gasteiger partial charge is 0.290 e. The summed E-state index contributed by atoms with van der Waals surface area (Å²) in [6.45, 7) is 4.89. The lowest BCUT2D eigenvalue weighted by Crippen LogP contribution is -2.43. The van der Waals surface area contributed by atoms with E-state index < -0.39 is 11.8 Å². The van der Waals surface area contributed by atoms with Gasteiger partial charge in [-0.1, -0.05) is 26.0 Å². The molecule has 6 rings (SSSR count). The fourth-order valence-electron chi connectivity index (χ4n) is 6.69. The van der Waals surface area contributed by atoms with Crippen molar-refractivity contribution in [2.24, 2.45) is 18.9 Å². The van der Waals surface area contributed by atoms with Crippen LogP contribution in [0.1, 0.15) is 84.6 Å². The molecule has 38 heavy (non-hydrogen) atoms. The second kappa shape index (κ2) is 9.22. The molecule has 0 bridgehead atoms. The topological polar surface area (TPSA) is 84.7 Å². The average molecular weight is 521 g/mol. The molecule has 3 aliphatic rings. The van der Waals surface area contributed by atoms with Crippen molar-refractivity contribution in [1.82, 2.24) is 25.1 Å². The van der Waals surface area contributed by atoms with Gasteiger partial charge in [-0.3, -0.25) is 4.79 Å². The van der Waals surface area contributed by atoms with Gasteiger partial charge in [-0.05, 0) is 78.8 Å². The van der Waals surface area contributed by atoms with Crippen molar-refractivity contribution in [2.75, 3.05) is 5.32 Å². The number of hydrogen-bond acceptors (Lipinski definition) is 5. The molecule has 1 aromatic carbocycles. The number of aromatic nitrogens is 4. The molecule has 7 nitrogen and oxygen atoms in total. The van der Waals surface area contributed by atoms with Crippen molar-refractivity contribution in [3.63, 3.8) is 0 Å². The summed E-state index contributed by atoms with van der Waals surface area (Å²) < 4.78 is 31.4. The highest BCUT2D eigenvalue weighted by Gasteiger charge is 2.48. The molecule has 0 radical (unpaired) electrons. The van der Waals surface area contributed by atoms with Crippen LogP contribution in [0.3, 0.4) is 0 Å². The number of anilines is 1. The lowest BCUT2D eigenvalue weighted by atomic mass is 9.58. The molecular formula is C29H34F2N6O. The molecule has 0 saturated heterocycles. The summed E-state index contributed by atoms with van der Waals surface area (Å²) in [5.41, 5.74) is 2.49. The fraction of sp³-hybridized carbons (Fsp3) is 0.517. The lowest BCUT2D eigenvalue weighted by molar-refractivity contribution is -0.00602. The highest BCUT2D eigenvalue weighted by molar-refractivity contribution is 6.03. The first-order valence-electron chi connectivity index (χ1n) is 13.6. The van der Waals surface area contributed by atoms with Crippen molar-refractivity contribution in [3.8, 4) is 0 Å². The van der Waals surface area contributed by atoms with Crippen molar-refractivity contribution in [1.29, 1.82) is 0 Å². The zero-order valence-corrected chi connectivity index (χ0v) is 22.1. The SMILES string of the molecule is CC1CC(NCc2cc(C(=O)Nc3cccc(C4(c5nncn5C)CC(C)C4)c3)nc3c2CCC3(F)F)C1. The van der Waals surface area contributed by atoms with E-state index >= 15 is 0 Å². The van der Waals surface area contributed by atoms with Crippen molar-refractivity contribution in [2.45, 2.75) is 76.3 Å². The van der Waals surface area contributed by atoms with Gasteiger partial charge < -0.3 is 15.2 Å². The van der Waals surface area contributed by atoms with Gasteiger partial charge in [0, 0.05) is 31.7 Å². The maximum absolute atomic E-state index is 14.7. The van der Waals surface area contributed by atoms with Crippen molar-refractivity contribution >= 4 is 11.6 Å². The Morgan fingerprint density at radius 3 is 2.63 bits per heavy atom. The van der Waals surface area contributed by atoms with Crippen LogP contribution in [-0.2, 0) is 31.4 Å². The molecule has 0 spiro atoms. The Bertz CT molecular complexity index is 1370. The highest BCUT2D eigenvalue weighted by atomic mass is 19.3.